The molecule has 0 saturated heterocycles. The van der Waals surface area contributed by atoms with Crippen LogP contribution in [0.5, 0.6) is 0 Å². The Hall–Kier alpha value is -5.28. The summed E-state index contributed by atoms with van der Waals surface area (Å²) >= 11 is 0. The van der Waals surface area contributed by atoms with Gasteiger partial charge in [-0.2, -0.15) is 0 Å². The predicted molar refractivity (Wildman–Crippen MR) is 226 cm³/mol. The number of hydrogen-bond acceptors (Lipinski definition) is 13. The van der Waals surface area contributed by atoms with Gasteiger partial charge < -0.3 is 39.2 Å². The number of ether oxygens (including phenoxy) is 5. The van der Waals surface area contributed by atoms with Crippen molar-refractivity contribution < 1.29 is 72.3 Å². The Balaban J connectivity index is -0.000000746. The molecule has 0 radical (unpaired) electrons. The van der Waals surface area contributed by atoms with Crippen molar-refractivity contribution in [1.29, 1.82) is 0 Å². The summed E-state index contributed by atoms with van der Waals surface area (Å²) in [7, 11) is 1.34. The van der Waals surface area contributed by atoms with Gasteiger partial charge in [0.15, 0.2) is 0 Å². The lowest BCUT2D eigenvalue weighted by atomic mass is 9.89. The number of anilines is 1. The summed E-state index contributed by atoms with van der Waals surface area (Å²) in [6.07, 6.45) is 2.37. The average molecular weight is 854 g/mol. The van der Waals surface area contributed by atoms with Crippen molar-refractivity contribution in [2.75, 3.05) is 38.9 Å². The molecule has 0 unspecified atom stereocenters. The fourth-order valence-corrected chi connectivity index (χ4v) is 3.06. The number of esters is 5. The lowest BCUT2D eigenvalue weighted by Gasteiger charge is -2.21. The Labute approximate surface area is 356 Å². The molecule has 16 nitrogen and oxygen atoms in total. The lowest BCUT2D eigenvalue weighted by Crippen LogP contribution is -2.29. The molecule has 0 atom stereocenters. The van der Waals surface area contributed by atoms with Gasteiger partial charge in [-0.15, -0.1) is 0 Å². The van der Waals surface area contributed by atoms with Gasteiger partial charge in [0, 0.05) is 16.7 Å². The van der Waals surface area contributed by atoms with Crippen LogP contribution in [-0.4, -0.2) is 91.4 Å². The third-order valence-corrected chi connectivity index (χ3v) is 9.42. The van der Waals surface area contributed by atoms with Crippen molar-refractivity contribution in [3.05, 3.63) is 42.0 Å². The van der Waals surface area contributed by atoms with E-state index in [1.165, 1.54) is 7.11 Å². The second kappa shape index (κ2) is 29.0. The molecular weight excluding hydrogens is 782 g/mol. The molecule has 342 valence electrons. The molecule has 0 saturated carbocycles. The van der Waals surface area contributed by atoms with E-state index in [0.29, 0.717) is 36.1 Å². The molecule has 0 aliphatic heterocycles. The zero-order valence-electron chi connectivity index (χ0n) is 38.3. The van der Waals surface area contributed by atoms with E-state index in [9.17, 15) is 38.4 Å². The number of rotatable bonds is 20. The maximum Gasteiger partial charge on any atom is 0.337 e. The molecule has 0 spiro atoms. The van der Waals surface area contributed by atoms with Gasteiger partial charge in [0.1, 0.15) is 26.4 Å². The highest BCUT2D eigenvalue weighted by molar-refractivity contribution is 5.95. The summed E-state index contributed by atoms with van der Waals surface area (Å²) in [5.74, 6) is -3.89. The molecule has 0 heterocycles. The van der Waals surface area contributed by atoms with Crippen LogP contribution < -0.4 is 5.32 Å². The number of carboxylic acid groups (broad SMARTS) is 2. The fourth-order valence-electron chi connectivity index (χ4n) is 3.06. The summed E-state index contributed by atoms with van der Waals surface area (Å²) in [5.41, 5.74) is -0.508. The summed E-state index contributed by atoms with van der Waals surface area (Å²) in [4.78, 5) is 88.6. The highest BCUT2D eigenvalue weighted by atomic mass is 16.6. The van der Waals surface area contributed by atoms with Crippen molar-refractivity contribution in [3.63, 3.8) is 0 Å². The van der Waals surface area contributed by atoms with Crippen LogP contribution in [0.2, 0.25) is 0 Å². The highest BCUT2D eigenvalue weighted by Crippen LogP contribution is 2.24. The molecule has 0 aromatic heterocycles. The van der Waals surface area contributed by atoms with E-state index in [2.05, 4.69) is 16.6 Å². The summed E-state index contributed by atoms with van der Waals surface area (Å²) in [5, 5.41) is 19.6. The van der Waals surface area contributed by atoms with Gasteiger partial charge in [-0.05, 0) is 98.4 Å². The Morgan fingerprint density at radius 3 is 1.33 bits per heavy atom. The number of amides is 1. The van der Waals surface area contributed by atoms with Crippen LogP contribution in [0, 0.1) is 21.7 Å². The van der Waals surface area contributed by atoms with E-state index < -0.39 is 45.5 Å². The van der Waals surface area contributed by atoms with Crippen molar-refractivity contribution in [1.82, 2.24) is 0 Å². The minimum absolute atomic E-state index is 0.0128. The van der Waals surface area contributed by atoms with Gasteiger partial charge in [-0.25, -0.2) is 9.59 Å². The van der Waals surface area contributed by atoms with Crippen molar-refractivity contribution in [2.45, 2.75) is 129 Å². The summed E-state index contributed by atoms with van der Waals surface area (Å²) < 4.78 is 24.0. The number of carbonyl (C=O) groups excluding carboxylic acids is 6. The Kier molecular flexibility index (Phi) is 28.6. The molecule has 1 rings (SSSR count). The van der Waals surface area contributed by atoms with Crippen LogP contribution in [0.15, 0.2) is 36.4 Å². The maximum atomic E-state index is 11.9. The molecule has 16 heteroatoms. The third kappa shape index (κ3) is 25.9. The van der Waals surface area contributed by atoms with Crippen LogP contribution in [0.3, 0.4) is 0 Å². The predicted octanol–water partition coefficient (Wildman–Crippen LogP) is 7.81. The van der Waals surface area contributed by atoms with Crippen LogP contribution in [0.1, 0.15) is 139 Å². The molecule has 3 N–H and O–H groups in total. The van der Waals surface area contributed by atoms with Gasteiger partial charge in [0.25, 0.3) is 0 Å². The van der Waals surface area contributed by atoms with E-state index in [0.717, 1.165) is 6.42 Å². The SMILES string of the molecule is C=C(C)C(=O)OCCOC(=O)C(C)(C)CC.CCC(C)(C)C(=O)Nc1ccc(C(=O)OC)cc1.CCC(C)(C)C(=O)O.CCC(C)(C)C(=O)OCCOC(=O)CCC(=O)O. The van der Waals surface area contributed by atoms with E-state index >= 15 is 0 Å². The quantitative estimate of drug-likeness (QED) is 0.0491. The van der Waals surface area contributed by atoms with Crippen molar-refractivity contribution >= 4 is 53.4 Å². The molecule has 1 aromatic carbocycles. The van der Waals surface area contributed by atoms with Gasteiger partial charge in [0.05, 0.1) is 41.8 Å². The van der Waals surface area contributed by atoms with Gasteiger partial charge in [-0.1, -0.05) is 48.1 Å². The first-order valence-corrected chi connectivity index (χ1v) is 19.8. The topological polar surface area (TPSA) is 235 Å². The normalized spacial score (nSPS) is 10.9. The smallest absolute Gasteiger partial charge is 0.337 e. The number of carbonyl (C=O) groups is 8. The standard InChI is InChI=1S/C14H19NO3.C12H20O6.C12H20O4.C6H12O2/c1-5-14(2,3)13(17)15-11-8-6-10(7-9-11)12(16)18-4;1-4-12(2,3)11(16)18-8-7-17-10(15)6-5-9(13)14;1-6-12(4,5)11(14)16-8-7-15-10(13)9(2)3;1-4-6(2,3)5(7)8/h6-9H,5H2,1-4H3,(H,15,17);4-8H2,1-3H3,(H,13,14);2,6-8H2,1,3-5H3;4H2,1-3H3,(H,7,8). The molecule has 0 aliphatic rings. The highest BCUT2D eigenvalue weighted by Gasteiger charge is 2.28. The van der Waals surface area contributed by atoms with E-state index in [4.69, 9.17) is 29.2 Å². The lowest BCUT2D eigenvalue weighted by molar-refractivity contribution is -0.159. The van der Waals surface area contributed by atoms with Gasteiger partial charge in [-0.3, -0.25) is 28.8 Å². The second-order valence-corrected chi connectivity index (χ2v) is 16.1. The first kappa shape index (κ1) is 59.0. The number of carboxylic acids is 2. The zero-order chi connectivity index (χ0) is 47.5. The van der Waals surface area contributed by atoms with Crippen LogP contribution in [0.25, 0.3) is 0 Å². The van der Waals surface area contributed by atoms with Crippen LogP contribution >= 0.6 is 0 Å². The molecule has 1 aromatic rings. The van der Waals surface area contributed by atoms with E-state index in [-0.39, 0.29) is 63.1 Å². The first-order valence-electron chi connectivity index (χ1n) is 19.8. The summed E-state index contributed by atoms with van der Waals surface area (Å²) in [6.45, 7) is 27.1. The number of methoxy groups -OCH3 is 1. The second-order valence-electron chi connectivity index (χ2n) is 16.1. The number of hydrogen-bond donors (Lipinski definition) is 3. The Bertz CT molecular complexity index is 1560. The van der Waals surface area contributed by atoms with Crippen molar-refractivity contribution in [3.8, 4) is 0 Å². The number of benzene rings is 1. The van der Waals surface area contributed by atoms with Crippen LogP contribution in [-0.2, 0) is 57.2 Å². The minimum atomic E-state index is -1.05. The fraction of sp³-hybridized carbons (Fsp3) is 0.636. The maximum absolute atomic E-state index is 11.9. The van der Waals surface area contributed by atoms with Gasteiger partial charge >= 0.3 is 41.8 Å². The third-order valence-electron chi connectivity index (χ3n) is 9.42. The molecule has 0 aliphatic carbocycles. The molecule has 1 amide bonds. The molecule has 0 bridgehead atoms. The minimum Gasteiger partial charge on any atom is -0.481 e. The number of nitrogens with one attached hydrogen (secondary N) is 1. The monoisotopic (exact) mass is 853 g/mol. The summed E-state index contributed by atoms with van der Waals surface area (Å²) in [6, 6.07) is 6.63. The van der Waals surface area contributed by atoms with Crippen LogP contribution in [0.4, 0.5) is 5.69 Å². The van der Waals surface area contributed by atoms with Crippen molar-refractivity contribution in [2.24, 2.45) is 21.7 Å². The molecular formula is C44H71NO15. The average Bonchev–Trinajstić information content (AvgIpc) is 3.20. The van der Waals surface area contributed by atoms with E-state index in [1.54, 1.807) is 58.9 Å². The van der Waals surface area contributed by atoms with E-state index in [1.807, 2.05) is 55.4 Å². The number of aliphatic carboxylic acids is 2. The first-order chi connectivity index (χ1) is 27.5. The Morgan fingerprint density at radius 1 is 0.600 bits per heavy atom. The molecule has 0 fully saturated rings. The molecule has 60 heavy (non-hydrogen) atoms. The van der Waals surface area contributed by atoms with Gasteiger partial charge in [0.2, 0.25) is 5.91 Å². The Morgan fingerprint density at radius 2 is 1.00 bits per heavy atom. The largest absolute Gasteiger partial charge is 0.481 e. The zero-order valence-corrected chi connectivity index (χ0v) is 38.3.